The molecule has 1 unspecified atom stereocenters. The maximum absolute atomic E-state index is 13.8. The Hall–Kier alpha value is -4.42. The Morgan fingerprint density at radius 3 is 2.33 bits per heavy atom. The normalized spacial score (nSPS) is 15.5. The van der Waals surface area contributed by atoms with Gasteiger partial charge in [0, 0.05) is 11.3 Å². The molecule has 1 fully saturated rings. The summed E-state index contributed by atoms with van der Waals surface area (Å²) in [5, 5.41) is 20.4. The zero-order valence-electron chi connectivity index (χ0n) is 27.8. The minimum Gasteiger partial charge on any atom is -0.507 e. The number of Topliss-reactive ketones (excluding diaryl/α,β-unsaturated/α-hetero) is 1. The first-order valence-corrected chi connectivity index (χ1v) is 18.3. The van der Waals surface area contributed by atoms with Gasteiger partial charge >= 0.3 is 5.91 Å². The smallest absolute Gasteiger partial charge is 0.301 e. The molecule has 1 N–H and O–H groups in total. The summed E-state index contributed by atoms with van der Waals surface area (Å²) in [6.07, 6.45) is 4.90. The molecule has 9 nitrogen and oxygen atoms in total. The van der Waals surface area contributed by atoms with Crippen molar-refractivity contribution in [1.29, 1.82) is 0 Å². The summed E-state index contributed by atoms with van der Waals surface area (Å²) in [6, 6.07) is 17.2. The summed E-state index contributed by atoms with van der Waals surface area (Å²) in [6.45, 7) is 7.52. The fraction of sp³-hybridized carbons (Fsp3) is 0.351. The molecule has 2 heterocycles. The lowest BCUT2D eigenvalue weighted by molar-refractivity contribution is -0.132. The minimum atomic E-state index is -1.03. The lowest BCUT2D eigenvalue weighted by atomic mass is 9.95. The highest BCUT2D eigenvalue weighted by Crippen LogP contribution is 2.46. The van der Waals surface area contributed by atoms with E-state index in [1.807, 2.05) is 6.92 Å². The van der Waals surface area contributed by atoms with Gasteiger partial charge in [-0.25, -0.2) is 4.39 Å². The molecule has 0 radical (unpaired) electrons. The molecule has 1 amide bonds. The zero-order valence-corrected chi connectivity index (χ0v) is 29.4. The summed E-state index contributed by atoms with van der Waals surface area (Å²) < 4.78 is 31.7. The molecule has 1 saturated heterocycles. The Balaban J connectivity index is 1.52. The number of thioether (sulfide) groups is 1. The lowest BCUT2D eigenvalue weighted by Gasteiger charge is -2.23. The van der Waals surface area contributed by atoms with Crippen molar-refractivity contribution in [2.24, 2.45) is 0 Å². The van der Waals surface area contributed by atoms with E-state index in [1.54, 1.807) is 54.6 Å². The molecule has 49 heavy (non-hydrogen) atoms. The van der Waals surface area contributed by atoms with Gasteiger partial charge in [0.05, 0.1) is 31.4 Å². The zero-order chi connectivity index (χ0) is 34.8. The van der Waals surface area contributed by atoms with Crippen LogP contribution in [0.25, 0.3) is 5.76 Å². The van der Waals surface area contributed by atoms with Crippen LogP contribution in [0.5, 0.6) is 17.2 Å². The van der Waals surface area contributed by atoms with Gasteiger partial charge in [-0.05, 0) is 79.4 Å². The van der Waals surface area contributed by atoms with Crippen molar-refractivity contribution in [3.8, 4) is 17.2 Å². The molecule has 4 aromatic rings. The van der Waals surface area contributed by atoms with E-state index >= 15 is 0 Å². The number of halogens is 1. The maximum Gasteiger partial charge on any atom is 0.301 e. The van der Waals surface area contributed by atoms with Crippen LogP contribution in [0.2, 0.25) is 0 Å². The van der Waals surface area contributed by atoms with Gasteiger partial charge in [0.1, 0.15) is 17.3 Å². The van der Waals surface area contributed by atoms with Gasteiger partial charge in [0.15, 0.2) is 15.8 Å². The van der Waals surface area contributed by atoms with E-state index in [1.165, 1.54) is 28.8 Å². The van der Waals surface area contributed by atoms with Crippen LogP contribution in [0, 0.1) is 5.82 Å². The predicted molar refractivity (Wildman–Crippen MR) is 190 cm³/mol. The number of carbonyl (C=O) groups excluding carboxylic acids is 2. The van der Waals surface area contributed by atoms with Crippen LogP contribution < -0.4 is 19.1 Å². The molecule has 5 rings (SSSR count). The molecule has 258 valence electrons. The molecule has 1 aromatic heterocycles. The number of amides is 1. The van der Waals surface area contributed by atoms with Crippen LogP contribution in [0.1, 0.15) is 75.6 Å². The first-order valence-electron chi connectivity index (χ1n) is 16.5. The van der Waals surface area contributed by atoms with Crippen molar-refractivity contribution >= 4 is 45.7 Å². The quantitative estimate of drug-likeness (QED) is 0.0288. The average Bonchev–Trinajstić information content (AvgIpc) is 3.68. The summed E-state index contributed by atoms with van der Waals surface area (Å²) in [4.78, 5) is 28.9. The van der Waals surface area contributed by atoms with Crippen molar-refractivity contribution in [3.05, 3.63) is 94.8 Å². The molecule has 0 aliphatic carbocycles. The lowest BCUT2D eigenvalue weighted by Crippen LogP contribution is -2.29. The topological polar surface area (TPSA) is 111 Å². The molecule has 0 bridgehead atoms. The Bertz CT molecular complexity index is 1760. The number of aliphatic hydroxyl groups is 1. The van der Waals surface area contributed by atoms with Gasteiger partial charge in [0.25, 0.3) is 5.78 Å². The number of hydrogen-bond donors (Lipinski definition) is 1. The number of nitrogens with zero attached hydrogens (tertiary/aromatic N) is 3. The highest BCUT2D eigenvalue weighted by molar-refractivity contribution is 8.00. The van der Waals surface area contributed by atoms with Crippen LogP contribution in [-0.4, -0.2) is 46.8 Å². The van der Waals surface area contributed by atoms with Crippen LogP contribution in [0.3, 0.4) is 0 Å². The van der Waals surface area contributed by atoms with Gasteiger partial charge in [0.2, 0.25) is 5.13 Å². The van der Waals surface area contributed by atoms with E-state index in [-0.39, 0.29) is 22.3 Å². The predicted octanol–water partition coefficient (Wildman–Crippen LogP) is 8.74. The first kappa shape index (κ1) is 35.9. The van der Waals surface area contributed by atoms with Crippen molar-refractivity contribution in [3.63, 3.8) is 0 Å². The number of anilines is 1. The van der Waals surface area contributed by atoms with Gasteiger partial charge < -0.3 is 19.3 Å². The monoisotopic (exact) mass is 705 g/mol. The number of hydrogen-bond acceptors (Lipinski definition) is 10. The van der Waals surface area contributed by atoms with Gasteiger partial charge in [-0.2, -0.15) is 0 Å². The second kappa shape index (κ2) is 17.3. The Labute approximate surface area is 294 Å². The van der Waals surface area contributed by atoms with Crippen LogP contribution >= 0.6 is 23.1 Å². The molecule has 3 aromatic carbocycles. The average molecular weight is 706 g/mol. The largest absolute Gasteiger partial charge is 0.507 e. The van der Waals surface area contributed by atoms with Crippen LogP contribution in [0.4, 0.5) is 9.52 Å². The number of aromatic nitrogens is 2. The third kappa shape index (κ3) is 8.79. The van der Waals surface area contributed by atoms with Crippen molar-refractivity contribution in [2.45, 2.75) is 69.0 Å². The fourth-order valence-electron chi connectivity index (χ4n) is 5.24. The second-order valence-electron chi connectivity index (χ2n) is 11.4. The summed E-state index contributed by atoms with van der Waals surface area (Å²) in [7, 11) is 0. The Morgan fingerprint density at radius 1 is 0.878 bits per heavy atom. The SMILES string of the molecule is CCCCCOc1ccc(C2/C(=C(\O)c3ccc(OCCCC)cc3)C(=O)C(=O)N2c2nnc(SCc3ccc(F)cc3)s2)cc1OCC. The van der Waals surface area contributed by atoms with Gasteiger partial charge in [-0.1, -0.05) is 74.4 Å². The molecular weight excluding hydrogens is 666 g/mol. The van der Waals surface area contributed by atoms with Crippen LogP contribution in [0.15, 0.2) is 76.6 Å². The maximum atomic E-state index is 13.8. The number of ether oxygens (including phenoxy) is 3. The molecule has 0 spiro atoms. The summed E-state index contributed by atoms with van der Waals surface area (Å²) >= 11 is 2.54. The van der Waals surface area contributed by atoms with E-state index in [4.69, 9.17) is 14.2 Å². The second-order valence-corrected chi connectivity index (χ2v) is 13.5. The summed E-state index contributed by atoms with van der Waals surface area (Å²) in [5.41, 5.74) is 1.70. The first-order chi connectivity index (χ1) is 23.8. The van der Waals surface area contributed by atoms with E-state index in [2.05, 4.69) is 24.0 Å². The molecule has 0 saturated carbocycles. The molecule has 1 atom stereocenters. The van der Waals surface area contributed by atoms with E-state index in [0.29, 0.717) is 58.3 Å². The Morgan fingerprint density at radius 2 is 1.61 bits per heavy atom. The third-order valence-corrected chi connectivity index (χ3v) is 9.93. The fourth-order valence-corrected chi connectivity index (χ4v) is 7.07. The highest BCUT2D eigenvalue weighted by Gasteiger charge is 2.48. The molecule has 12 heteroatoms. The van der Waals surface area contributed by atoms with Gasteiger partial charge in [-0.15, -0.1) is 10.2 Å². The van der Waals surface area contributed by atoms with E-state index in [0.717, 1.165) is 49.0 Å². The van der Waals surface area contributed by atoms with Crippen molar-refractivity contribution in [1.82, 2.24) is 10.2 Å². The molecule has 1 aliphatic heterocycles. The van der Waals surface area contributed by atoms with E-state index in [9.17, 15) is 19.1 Å². The Kier molecular flexibility index (Phi) is 12.7. The summed E-state index contributed by atoms with van der Waals surface area (Å²) in [5.74, 6) is -0.170. The van der Waals surface area contributed by atoms with E-state index < -0.39 is 17.7 Å². The molecule has 1 aliphatic rings. The number of carbonyl (C=O) groups is 2. The third-order valence-electron chi connectivity index (χ3n) is 7.81. The number of aliphatic hydroxyl groups excluding tert-OH is 1. The molecular formula is C37H40FN3O6S2. The van der Waals surface area contributed by atoms with Crippen molar-refractivity contribution < 1.29 is 33.3 Å². The number of rotatable bonds is 17. The number of ketones is 1. The number of benzene rings is 3. The van der Waals surface area contributed by atoms with Gasteiger partial charge in [-0.3, -0.25) is 14.5 Å². The standard InChI is InChI=1S/C37H40FN3O6S2/c1-4-7-9-21-47-29-19-14-26(22-30(29)45-6-3)32-31(33(42)25-12-17-28(18-13-25)46-20-8-5-2)34(43)35(44)41(32)36-39-40-37(49-36)48-23-24-10-15-27(38)16-11-24/h10-19,22,32,42H,4-9,20-21,23H2,1-3H3/b33-31+. The minimum absolute atomic E-state index is 0.0839. The van der Waals surface area contributed by atoms with Crippen molar-refractivity contribution in [2.75, 3.05) is 24.7 Å². The number of unbranched alkanes of at least 4 members (excludes halogenated alkanes) is 3. The highest BCUT2D eigenvalue weighted by atomic mass is 32.2. The van der Waals surface area contributed by atoms with Crippen LogP contribution in [-0.2, 0) is 15.3 Å².